The van der Waals surface area contributed by atoms with E-state index in [1.165, 1.54) is 4.70 Å². The molecule has 13 heavy (non-hydrogen) atoms. The summed E-state index contributed by atoms with van der Waals surface area (Å²) in [6.45, 7) is 2.08. The van der Waals surface area contributed by atoms with Gasteiger partial charge in [-0.3, -0.25) is 0 Å². The Morgan fingerprint density at radius 3 is 2.85 bits per heavy atom. The Kier molecular flexibility index (Phi) is 1.45. The molecule has 0 radical (unpaired) electrons. The Morgan fingerprint density at radius 1 is 1.38 bits per heavy atom. The molecule has 3 rings (SSSR count). The van der Waals surface area contributed by atoms with E-state index in [-0.39, 0.29) is 6.10 Å². The maximum atomic E-state index is 5.38. The Bertz CT molecular complexity index is 418. The fourth-order valence-electron chi connectivity index (χ4n) is 1.46. The van der Waals surface area contributed by atoms with Crippen LogP contribution in [0.3, 0.4) is 0 Å². The second-order valence-corrected chi connectivity index (χ2v) is 4.34. The van der Waals surface area contributed by atoms with Crippen molar-refractivity contribution < 1.29 is 4.74 Å². The summed E-state index contributed by atoms with van der Waals surface area (Å²) in [5.74, 6) is 0. The lowest BCUT2D eigenvalue weighted by molar-refractivity contribution is 0.383. The summed E-state index contributed by atoms with van der Waals surface area (Å²) in [6.07, 6.45) is 0.623. The maximum Gasteiger partial charge on any atom is 0.135 e. The number of epoxide rings is 1. The Hall–Kier alpha value is -0.930. The van der Waals surface area contributed by atoms with Gasteiger partial charge in [0.1, 0.15) is 11.1 Å². The predicted molar refractivity (Wildman–Crippen MR) is 52.9 cm³/mol. The quantitative estimate of drug-likeness (QED) is 0.648. The zero-order valence-corrected chi connectivity index (χ0v) is 8.04. The molecule has 1 aromatic carbocycles. The largest absolute Gasteiger partial charge is 0.362 e. The van der Waals surface area contributed by atoms with Crippen LogP contribution in [0, 0.1) is 0 Å². The summed E-state index contributed by atoms with van der Waals surface area (Å²) in [4.78, 5) is 4.52. The standard InChI is InChI=1S/C10H9NOS/c1-6-9(12-6)10-11-7-4-2-3-5-8(7)13-10/h2-6,9H,1H3/t6-,9+/m1/s1. The minimum Gasteiger partial charge on any atom is -0.362 e. The fraction of sp³-hybridized carbons (Fsp3) is 0.300. The average molecular weight is 191 g/mol. The summed E-state index contributed by atoms with van der Waals surface area (Å²) in [5, 5.41) is 1.12. The first kappa shape index (κ1) is 7.47. The van der Waals surface area contributed by atoms with Crippen molar-refractivity contribution in [1.29, 1.82) is 0 Å². The summed E-state index contributed by atoms with van der Waals surface area (Å²) < 4.78 is 6.63. The molecule has 1 aliphatic heterocycles. The van der Waals surface area contributed by atoms with Crippen LogP contribution in [0.4, 0.5) is 0 Å². The summed E-state index contributed by atoms with van der Waals surface area (Å²) in [7, 11) is 0. The molecular weight excluding hydrogens is 182 g/mol. The molecule has 2 atom stereocenters. The first-order valence-corrected chi connectivity index (χ1v) is 5.17. The highest BCUT2D eigenvalue weighted by molar-refractivity contribution is 7.18. The normalized spacial score (nSPS) is 26.5. The van der Waals surface area contributed by atoms with Crippen LogP contribution in [-0.2, 0) is 4.74 Å². The minimum absolute atomic E-state index is 0.261. The molecule has 0 N–H and O–H groups in total. The van der Waals surface area contributed by atoms with E-state index in [1.54, 1.807) is 11.3 Å². The van der Waals surface area contributed by atoms with Gasteiger partial charge in [-0.05, 0) is 19.1 Å². The highest BCUT2D eigenvalue weighted by Crippen LogP contribution is 2.41. The molecule has 2 heterocycles. The molecule has 3 heteroatoms. The molecule has 66 valence electrons. The van der Waals surface area contributed by atoms with Gasteiger partial charge in [-0.25, -0.2) is 4.98 Å². The van der Waals surface area contributed by atoms with E-state index in [0.717, 1.165) is 10.5 Å². The average Bonchev–Trinajstić information content (AvgIpc) is 2.74. The van der Waals surface area contributed by atoms with E-state index in [0.29, 0.717) is 6.10 Å². The molecular formula is C10H9NOS. The zero-order valence-electron chi connectivity index (χ0n) is 7.23. The lowest BCUT2D eigenvalue weighted by Gasteiger charge is -1.81. The molecule has 2 nitrogen and oxygen atoms in total. The molecule has 1 aliphatic rings. The van der Waals surface area contributed by atoms with Gasteiger partial charge in [-0.1, -0.05) is 12.1 Å². The van der Waals surface area contributed by atoms with Gasteiger partial charge >= 0.3 is 0 Å². The van der Waals surface area contributed by atoms with Gasteiger partial charge in [0.25, 0.3) is 0 Å². The van der Waals surface area contributed by atoms with Crippen LogP contribution in [0.1, 0.15) is 18.0 Å². The number of hydrogen-bond donors (Lipinski definition) is 0. The van der Waals surface area contributed by atoms with Crippen LogP contribution in [0.15, 0.2) is 24.3 Å². The smallest absolute Gasteiger partial charge is 0.135 e. The second-order valence-electron chi connectivity index (χ2n) is 3.28. The minimum atomic E-state index is 0.261. The molecule has 1 aromatic heterocycles. The van der Waals surface area contributed by atoms with Crippen LogP contribution in [-0.4, -0.2) is 11.1 Å². The van der Waals surface area contributed by atoms with Crippen molar-refractivity contribution >= 4 is 21.6 Å². The number of ether oxygens (including phenoxy) is 1. The third-order valence-corrected chi connectivity index (χ3v) is 3.36. The molecule has 0 saturated carbocycles. The number of hydrogen-bond acceptors (Lipinski definition) is 3. The van der Waals surface area contributed by atoms with Crippen molar-refractivity contribution in [2.24, 2.45) is 0 Å². The van der Waals surface area contributed by atoms with Crippen molar-refractivity contribution in [3.63, 3.8) is 0 Å². The summed E-state index contributed by atoms with van der Waals surface area (Å²) in [6, 6.07) is 8.20. The monoisotopic (exact) mass is 191 g/mol. The van der Waals surface area contributed by atoms with Crippen molar-refractivity contribution in [3.05, 3.63) is 29.3 Å². The maximum absolute atomic E-state index is 5.38. The zero-order chi connectivity index (χ0) is 8.84. The lowest BCUT2D eigenvalue weighted by atomic mass is 10.3. The van der Waals surface area contributed by atoms with Crippen molar-refractivity contribution in [3.8, 4) is 0 Å². The lowest BCUT2D eigenvalue weighted by Crippen LogP contribution is -1.79. The Balaban J connectivity index is 2.12. The number of para-hydroxylation sites is 1. The van der Waals surface area contributed by atoms with Crippen molar-refractivity contribution in [2.45, 2.75) is 19.1 Å². The predicted octanol–water partition coefficient (Wildman–Crippen LogP) is 2.76. The molecule has 0 bridgehead atoms. The van der Waals surface area contributed by atoms with Gasteiger partial charge in [0, 0.05) is 0 Å². The molecule has 0 aliphatic carbocycles. The van der Waals surface area contributed by atoms with E-state index in [1.807, 2.05) is 18.2 Å². The van der Waals surface area contributed by atoms with Gasteiger partial charge in [0.15, 0.2) is 0 Å². The van der Waals surface area contributed by atoms with E-state index < -0.39 is 0 Å². The molecule has 1 fully saturated rings. The number of benzene rings is 1. The van der Waals surface area contributed by atoms with Crippen LogP contribution in [0.2, 0.25) is 0 Å². The topological polar surface area (TPSA) is 25.4 Å². The highest BCUT2D eigenvalue weighted by atomic mass is 32.1. The first-order valence-electron chi connectivity index (χ1n) is 4.35. The molecule has 1 saturated heterocycles. The van der Waals surface area contributed by atoms with Gasteiger partial charge in [-0.2, -0.15) is 0 Å². The first-order chi connectivity index (χ1) is 6.34. The van der Waals surface area contributed by atoms with E-state index in [9.17, 15) is 0 Å². The van der Waals surface area contributed by atoms with E-state index in [4.69, 9.17) is 4.74 Å². The highest BCUT2D eigenvalue weighted by Gasteiger charge is 2.38. The van der Waals surface area contributed by atoms with Gasteiger partial charge < -0.3 is 4.74 Å². The molecule has 0 amide bonds. The number of thiazole rings is 1. The molecule has 0 unspecified atom stereocenters. The van der Waals surface area contributed by atoms with E-state index in [2.05, 4.69) is 18.0 Å². The Morgan fingerprint density at radius 2 is 2.15 bits per heavy atom. The Labute approximate surface area is 80.2 Å². The number of nitrogens with zero attached hydrogens (tertiary/aromatic N) is 1. The third-order valence-electron chi connectivity index (χ3n) is 2.26. The van der Waals surface area contributed by atoms with Crippen LogP contribution < -0.4 is 0 Å². The second kappa shape index (κ2) is 2.53. The van der Waals surface area contributed by atoms with Crippen LogP contribution in [0.5, 0.6) is 0 Å². The van der Waals surface area contributed by atoms with Crippen LogP contribution >= 0.6 is 11.3 Å². The van der Waals surface area contributed by atoms with Crippen molar-refractivity contribution in [1.82, 2.24) is 4.98 Å². The van der Waals surface area contributed by atoms with Crippen LogP contribution in [0.25, 0.3) is 10.2 Å². The SMILES string of the molecule is C[C@H]1O[C@@H]1c1nc2ccccc2s1. The fourth-order valence-corrected chi connectivity index (χ4v) is 2.55. The molecule has 2 aromatic rings. The number of rotatable bonds is 1. The van der Waals surface area contributed by atoms with Crippen molar-refractivity contribution in [2.75, 3.05) is 0 Å². The van der Waals surface area contributed by atoms with Gasteiger partial charge in [0.2, 0.25) is 0 Å². The van der Waals surface area contributed by atoms with Gasteiger partial charge in [-0.15, -0.1) is 11.3 Å². The number of aromatic nitrogens is 1. The molecule has 0 spiro atoms. The third kappa shape index (κ3) is 1.16. The summed E-state index contributed by atoms with van der Waals surface area (Å²) in [5.41, 5.74) is 1.09. The van der Waals surface area contributed by atoms with Gasteiger partial charge in [0.05, 0.1) is 16.3 Å². The number of fused-ring (bicyclic) bond motifs is 1. The summed E-state index contributed by atoms with van der Waals surface area (Å²) >= 11 is 1.74. The van der Waals surface area contributed by atoms with E-state index >= 15 is 0 Å².